The molecule has 2 aliphatic rings. The summed E-state index contributed by atoms with van der Waals surface area (Å²) in [5, 5.41) is 13.3. The van der Waals surface area contributed by atoms with Crippen molar-refractivity contribution in [1.29, 1.82) is 0 Å². The molecule has 0 aliphatic carbocycles. The first-order valence-electron chi connectivity index (χ1n) is 6.59. The van der Waals surface area contributed by atoms with Gasteiger partial charge in [-0.25, -0.2) is 0 Å². The molecule has 2 fully saturated rings. The zero-order chi connectivity index (χ0) is 11.4. The van der Waals surface area contributed by atoms with Gasteiger partial charge in [-0.1, -0.05) is 0 Å². The zero-order valence-electron chi connectivity index (χ0n) is 10.2. The lowest BCUT2D eigenvalue weighted by molar-refractivity contribution is -0.200. The van der Waals surface area contributed by atoms with Crippen molar-refractivity contribution in [2.45, 2.75) is 45.1 Å². The smallest absolute Gasteiger partial charge is 0.216 e. The summed E-state index contributed by atoms with van der Waals surface area (Å²) in [6, 6.07) is 0.531. The first-order chi connectivity index (χ1) is 7.83. The van der Waals surface area contributed by atoms with Crippen LogP contribution in [0.15, 0.2) is 0 Å². The number of aliphatic hydroxyl groups is 1. The van der Waals surface area contributed by atoms with Gasteiger partial charge in [0.2, 0.25) is 6.41 Å². The molecular formula is C12H24N2O2. The highest BCUT2D eigenvalue weighted by molar-refractivity contribution is 4.87. The minimum Gasteiger partial charge on any atom is -0.356 e. The van der Waals surface area contributed by atoms with Gasteiger partial charge in [0.05, 0.1) is 0 Å². The van der Waals surface area contributed by atoms with E-state index in [2.05, 4.69) is 10.2 Å². The van der Waals surface area contributed by atoms with Gasteiger partial charge in [-0.2, -0.15) is 0 Å². The van der Waals surface area contributed by atoms with E-state index in [1.165, 1.54) is 25.7 Å². The largest absolute Gasteiger partial charge is 0.356 e. The Bertz CT molecular complexity index is 207. The Morgan fingerprint density at radius 3 is 2.81 bits per heavy atom. The molecule has 4 nitrogen and oxygen atoms in total. The lowest BCUT2D eigenvalue weighted by atomic mass is 9.89. The third kappa shape index (κ3) is 2.74. The van der Waals surface area contributed by atoms with Crippen LogP contribution in [0.3, 0.4) is 0 Å². The van der Waals surface area contributed by atoms with Crippen molar-refractivity contribution in [3.05, 3.63) is 0 Å². The van der Waals surface area contributed by atoms with Crippen molar-refractivity contribution >= 4 is 0 Å². The zero-order valence-corrected chi connectivity index (χ0v) is 10.2. The molecule has 0 amide bonds. The van der Waals surface area contributed by atoms with Gasteiger partial charge in [0.15, 0.2) is 0 Å². The molecule has 2 heterocycles. The van der Waals surface area contributed by atoms with Gasteiger partial charge in [-0.3, -0.25) is 4.90 Å². The third-order valence-electron chi connectivity index (χ3n) is 3.87. The van der Waals surface area contributed by atoms with Crippen molar-refractivity contribution in [3.8, 4) is 0 Å². The summed E-state index contributed by atoms with van der Waals surface area (Å²) in [7, 11) is 0. The molecule has 2 unspecified atom stereocenters. The van der Waals surface area contributed by atoms with Crippen LogP contribution in [0.1, 0.15) is 32.6 Å². The molecule has 0 bridgehead atoms. The molecule has 0 aromatic heterocycles. The van der Waals surface area contributed by atoms with Crippen molar-refractivity contribution in [3.63, 3.8) is 0 Å². The lowest BCUT2D eigenvalue weighted by Crippen LogP contribution is -2.46. The average molecular weight is 228 g/mol. The van der Waals surface area contributed by atoms with Crippen LogP contribution < -0.4 is 5.32 Å². The molecule has 0 aromatic carbocycles. The fourth-order valence-corrected chi connectivity index (χ4v) is 3.07. The maximum absolute atomic E-state index is 9.94. The Balaban J connectivity index is 1.91. The number of hydrogen-bond acceptors (Lipinski definition) is 4. The van der Waals surface area contributed by atoms with Crippen LogP contribution >= 0.6 is 0 Å². The Morgan fingerprint density at radius 2 is 2.12 bits per heavy atom. The van der Waals surface area contributed by atoms with E-state index in [4.69, 9.17) is 4.74 Å². The maximum Gasteiger partial charge on any atom is 0.216 e. The molecule has 2 rings (SSSR count). The molecule has 94 valence electrons. The summed E-state index contributed by atoms with van der Waals surface area (Å²) in [6.45, 7) is 5.74. The second-order valence-corrected chi connectivity index (χ2v) is 4.82. The Hall–Kier alpha value is -0.160. The van der Waals surface area contributed by atoms with Gasteiger partial charge in [-0.05, 0) is 51.6 Å². The molecule has 2 atom stereocenters. The highest BCUT2D eigenvalue weighted by Crippen LogP contribution is 2.30. The summed E-state index contributed by atoms with van der Waals surface area (Å²) in [4.78, 5) is 2.15. The summed E-state index contributed by atoms with van der Waals surface area (Å²) in [6.07, 6.45) is 4.19. The van der Waals surface area contributed by atoms with Crippen LogP contribution in [0.5, 0.6) is 0 Å². The fourth-order valence-electron chi connectivity index (χ4n) is 3.07. The van der Waals surface area contributed by atoms with E-state index >= 15 is 0 Å². The van der Waals surface area contributed by atoms with Crippen LogP contribution in [0, 0.1) is 5.92 Å². The number of nitrogens with zero attached hydrogens (tertiary/aromatic N) is 1. The minimum absolute atomic E-state index is 0.531. The Kier molecular flexibility index (Phi) is 4.58. The highest BCUT2D eigenvalue weighted by Gasteiger charge is 2.35. The van der Waals surface area contributed by atoms with Gasteiger partial charge in [-0.15, -0.1) is 0 Å². The summed E-state index contributed by atoms with van der Waals surface area (Å²) >= 11 is 0. The topological polar surface area (TPSA) is 44.7 Å². The molecule has 0 aromatic rings. The first-order valence-corrected chi connectivity index (χ1v) is 6.59. The summed E-state index contributed by atoms with van der Waals surface area (Å²) in [5.41, 5.74) is 0. The molecule has 4 heteroatoms. The molecule has 2 saturated heterocycles. The van der Waals surface area contributed by atoms with Crippen molar-refractivity contribution in [2.75, 3.05) is 26.2 Å². The predicted octanol–water partition coefficient (Wildman–Crippen LogP) is 0.763. The number of rotatable bonds is 4. The lowest BCUT2D eigenvalue weighted by Gasteiger charge is -2.36. The van der Waals surface area contributed by atoms with Crippen molar-refractivity contribution in [1.82, 2.24) is 10.2 Å². The van der Waals surface area contributed by atoms with E-state index < -0.39 is 6.41 Å². The summed E-state index contributed by atoms with van der Waals surface area (Å²) < 4.78 is 5.31. The van der Waals surface area contributed by atoms with Gasteiger partial charge >= 0.3 is 0 Å². The van der Waals surface area contributed by atoms with E-state index in [-0.39, 0.29) is 0 Å². The van der Waals surface area contributed by atoms with E-state index in [0.717, 1.165) is 25.6 Å². The van der Waals surface area contributed by atoms with Crippen molar-refractivity contribution < 1.29 is 9.84 Å². The minimum atomic E-state index is -0.688. The molecule has 0 radical (unpaired) electrons. The second-order valence-electron chi connectivity index (χ2n) is 4.82. The average Bonchev–Trinajstić information content (AvgIpc) is 2.79. The van der Waals surface area contributed by atoms with Crippen molar-refractivity contribution in [2.24, 2.45) is 5.92 Å². The number of aliphatic hydroxyl groups excluding tert-OH is 1. The van der Waals surface area contributed by atoms with E-state index in [0.29, 0.717) is 12.6 Å². The monoisotopic (exact) mass is 228 g/mol. The molecule has 0 spiro atoms. The maximum atomic E-state index is 9.94. The summed E-state index contributed by atoms with van der Waals surface area (Å²) in [5.74, 6) is 0.735. The van der Waals surface area contributed by atoms with Gasteiger partial charge in [0.1, 0.15) is 0 Å². The van der Waals surface area contributed by atoms with Crippen LogP contribution in [-0.2, 0) is 4.74 Å². The Labute approximate surface area is 98.0 Å². The third-order valence-corrected chi connectivity index (χ3v) is 3.87. The van der Waals surface area contributed by atoms with Gasteiger partial charge in [0, 0.05) is 19.2 Å². The molecule has 0 saturated carbocycles. The number of ether oxygens (including phenoxy) is 1. The van der Waals surface area contributed by atoms with Crippen LogP contribution in [0.2, 0.25) is 0 Å². The predicted molar refractivity (Wildman–Crippen MR) is 63.0 cm³/mol. The van der Waals surface area contributed by atoms with E-state index in [1.807, 2.05) is 6.92 Å². The molecule has 2 aliphatic heterocycles. The molecule has 16 heavy (non-hydrogen) atoms. The van der Waals surface area contributed by atoms with Crippen LogP contribution in [-0.4, -0.2) is 48.7 Å². The number of hydrogen-bond donors (Lipinski definition) is 2. The number of likely N-dealkylation sites (tertiary alicyclic amines) is 1. The standard InChI is InChI=1S/C12H24N2O2/c1-2-16-12(15)14-9-3-4-11(14)10-5-7-13-8-6-10/h10-13,15H,2-9H2,1H3. The SMILES string of the molecule is CCOC(O)N1CCCC1C1CCNCC1. The van der Waals surface area contributed by atoms with Crippen LogP contribution in [0.25, 0.3) is 0 Å². The molecule has 2 N–H and O–H groups in total. The number of nitrogens with one attached hydrogen (secondary N) is 1. The van der Waals surface area contributed by atoms with E-state index in [9.17, 15) is 5.11 Å². The van der Waals surface area contributed by atoms with Gasteiger partial charge < -0.3 is 15.2 Å². The first kappa shape index (κ1) is 12.3. The van der Waals surface area contributed by atoms with E-state index in [1.54, 1.807) is 0 Å². The Morgan fingerprint density at radius 1 is 1.38 bits per heavy atom. The fraction of sp³-hybridized carbons (Fsp3) is 1.00. The normalized spacial score (nSPS) is 30.8. The molecular weight excluding hydrogens is 204 g/mol. The quantitative estimate of drug-likeness (QED) is 0.697. The highest BCUT2D eigenvalue weighted by atomic mass is 16.6. The number of piperidine rings is 1. The van der Waals surface area contributed by atoms with Crippen LogP contribution in [0.4, 0.5) is 0 Å². The van der Waals surface area contributed by atoms with Gasteiger partial charge in [0.25, 0.3) is 0 Å². The second kappa shape index (κ2) is 5.96.